The predicted octanol–water partition coefficient (Wildman–Crippen LogP) is 14.6. The minimum Gasteiger partial charge on any atom is -0.462 e. The summed E-state index contributed by atoms with van der Waals surface area (Å²) in [6.07, 6.45) is 58.3. The molecule has 0 radical (unpaired) electrons. The van der Waals surface area contributed by atoms with Crippen LogP contribution in [-0.2, 0) is 14.3 Å². The van der Waals surface area contributed by atoms with Crippen molar-refractivity contribution in [3.05, 3.63) is 72.9 Å². The fourth-order valence-electron chi connectivity index (χ4n) is 7.06. The molecule has 0 saturated heterocycles. The van der Waals surface area contributed by atoms with E-state index in [1.54, 1.807) is 0 Å². The maximum Gasteiger partial charge on any atom is 0.306 e. The van der Waals surface area contributed by atoms with Crippen molar-refractivity contribution in [1.82, 2.24) is 5.32 Å². The van der Waals surface area contributed by atoms with Crippen molar-refractivity contribution in [2.45, 2.75) is 244 Å². The van der Waals surface area contributed by atoms with E-state index in [9.17, 15) is 19.8 Å². The molecule has 0 rings (SSSR count). The standard InChI is InChI=1S/C53H93NO5/c1-4-7-10-13-16-19-21-23-25-27-29-31-34-37-40-43-46-53(58)59-49(44-41-38-35-33-30-28-26-24-22-20-17-14-11-8-5-2)47-52(57)54-50(48-55)51(56)45-42-39-36-32-18-15-12-9-6-3/h7,10,16,19,23-26,29,31,37,40,49-51,55-56H,4-6,8-9,11-15,17-18,20-22,27-28,30,32-36,38-39,41-48H2,1-3H3,(H,54,57)/b10-7+,19-16+,25-23+,26-24+,31-29+,40-37+. The van der Waals surface area contributed by atoms with Gasteiger partial charge in [0, 0.05) is 6.42 Å². The van der Waals surface area contributed by atoms with Gasteiger partial charge >= 0.3 is 5.97 Å². The molecule has 59 heavy (non-hydrogen) atoms. The van der Waals surface area contributed by atoms with Crippen LogP contribution >= 0.6 is 0 Å². The number of rotatable bonds is 43. The highest BCUT2D eigenvalue weighted by molar-refractivity contribution is 5.77. The van der Waals surface area contributed by atoms with E-state index in [0.29, 0.717) is 19.3 Å². The van der Waals surface area contributed by atoms with Gasteiger partial charge in [0.25, 0.3) is 0 Å². The minimum absolute atomic E-state index is 0.0397. The largest absolute Gasteiger partial charge is 0.462 e. The molecule has 0 aliphatic rings. The third kappa shape index (κ3) is 41.8. The summed E-state index contributed by atoms with van der Waals surface area (Å²) < 4.78 is 5.88. The molecule has 6 heteroatoms. The SMILES string of the molecule is CC/C=C/C/C=C/C/C=C/C/C=C/C/C=C/CCC(=O)OC(CCCCCCC/C=C/CCCCCCCC)CC(=O)NC(CO)C(O)CCCCCCCCCCC. The number of amides is 1. The zero-order valence-electron chi connectivity index (χ0n) is 38.6. The molecule has 0 aromatic carbocycles. The van der Waals surface area contributed by atoms with Crippen LogP contribution in [0.25, 0.3) is 0 Å². The lowest BCUT2D eigenvalue weighted by atomic mass is 10.0. The van der Waals surface area contributed by atoms with Gasteiger partial charge in [-0.15, -0.1) is 0 Å². The monoisotopic (exact) mass is 824 g/mol. The van der Waals surface area contributed by atoms with Crippen LogP contribution in [0.3, 0.4) is 0 Å². The normalized spacial score (nSPS) is 13.9. The van der Waals surface area contributed by atoms with E-state index in [1.807, 2.05) is 6.08 Å². The third-order valence-corrected chi connectivity index (χ3v) is 10.8. The average molecular weight is 824 g/mol. The van der Waals surface area contributed by atoms with Crippen molar-refractivity contribution < 1.29 is 24.5 Å². The Kier molecular flexibility index (Phi) is 44.2. The van der Waals surface area contributed by atoms with Gasteiger partial charge in [-0.1, -0.05) is 203 Å². The number of aliphatic hydroxyl groups is 2. The summed E-state index contributed by atoms with van der Waals surface area (Å²) in [7, 11) is 0. The first-order chi connectivity index (χ1) is 29.0. The fraction of sp³-hybridized carbons (Fsp3) is 0.736. The smallest absolute Gasteiger partial charge is 0.306 e. The zero-order chi connectivity index (χ0) is 43.1. The molecule has 0 aromatic rings. The Bertz CT molecular complexity index is 1110. The summed E-state index contributed by atoms with van der Waals surface area (Å²) in [5, 5.41) is 23.6. The number of carbonyl (C=O) groups is 2. The van der Waals surface area contributed by atoms with E-state index >= 15 is 0 Å². The van der Waals surface area contributed by atoms with Gasteiger partial charge in [-0.3, -0.25) is 9.59 Å². The van der Waals surface area contributed by atoms with E-state index in [2.05, 4.69) is 92.9 Å². The number of allylic oxidation sites excluding steroid dienone is 12. The number of esters is 1. The van der Waals surface area contributed by atoms with Crippen LogP contribution in [0.4, 0.5) is 0 Å². The highest BCUT2D eigenvalue weighted by Gasteiger charge is 2.24. The summed E-state index contributed by atoms with van der Waals surface area (Å²) in [6.45, 7) is 6.32. The molecule has 0 fully saturated rings. The first-order valence-electron chi connectivity index (χ1n) is 24.7. The van der Waals surface area contributed by atoms with Crippen molar-refractivity contribution in [1.29, 1.82) is 0 Å². The molecule has 0 saturated carbocycles. The number of hydrogen-bond acceptors (Lipinski definition) is 5. The predicted molar refractivity (Wildman–Crippen MR) is 255 cm³/mol. The summed E-state index contributed by atoms with van der Waals surface area (Å²) in [6, 6.07) is -0.719. The van der Waals surface area contributed by atoms with Crippen LogP contribution < -0.4 is 5.32 Å². The average Bonchev–Trinajstić information content (AvgIpc) is 3.23. The van der Waals surface area contributed by atoms with E-state index < -0.39 is 18.2 Å². The van der Waals surface area contributed by atoms with Crippen molar-refractivity contribution in [2.75, 3.05) is 6.61 Å². The molecule has 0 aliphatic carbocycles. The quantitative estimate of drug-likeness (QED) is 0.0323. The number of ether oxygens (including phenoxy) is 1. The molecule has 0 aromatic heterocycles. The Morgan fingerprint density at radius 2 is 0.915 bits per heavy atom. The van der Waals surface area contributed by atoms with Gasteiger partial charge in [-0.2, -0.15) is 0 Å². The van der Waals surface area contributed by atoms with Gasteiger partial charge in [0.2, 0.25) is 5.91 Å². The maximum absolute atomic E-state index is 13.2. The summed E-state index contributed by atoms with van der Waals surface area (Å²) in [4.78, 5) is 26.0. The highest BCUT2D eigenvalue weighted by Crippen LogP contribution is 2.17. The summed E-state index contributed by atoms with van der Waals surface area (Å²) in [5.41, 5.74) is 0. The first-order valence-corrected chi connectivity index (χ1v) is 24.7. The van der Waals surface area contributed by atoms with Crippen LogP contribution in [0.5, 0.6) is 0 Å². The second-order valence-electron chi connectivity index (χ2n) is 16.5. The third-order valence-electron chi connectivity index (χ3n) is 10.8. The van der Waals surface area contributed by atoms with Gasteiger partial charge < -0.3 is 20.3 Å². The van der Waals surface area contributed by atoms with Gasteiger partial charge in [0.1, 0.15) is 6.10 Å². The lowest BCUT2D eigenvalue weighted by Crippen LogP contribution is -2.46. The molecule has 0 heterocycles. The Labute approximate surface area is 364 Å². The topological polar surface area (TPSA) is 95.9 Å². The first kappa shape index (κ1) is 56.3. The van der Waals surface area contributed by atoms with Gasteiger partial charge in [-0.05, 0) is 83.5 Å². The minimum atomic E-state index is -0.802. The summed E-state index contributed by atoms with van der Waals surface area (Å²) >= 11 is 0. The molecule has 0 spiro atoms. The molecule has 6 nitrogen and oxygen atoms in total. The summed E-state index contributed by atoms with van der Waals surface area (Å²) in [5.74, 6) is -0.584. The van der Waals surface area contributed by atoms with Gasteiger partial charge in [0.05, 0.1) is 25.2 Å². The number of unbranched alkanes of at least 4 members (excludes halogenated alkanes) is 19. The Balaban J connectivity index is 4.73. The van der Waals surface area contributed by atoms with E-state index in [0.717, 1.165) is 77.0 Å². The Morgan fingerprint density at radius 3 is 1.39 bits per heavy atom. The number of nitrogens with one attached hydrogen (secondary N) is 1. The van der Waals surface area contributed by atoms with Crippen molar-refractivity contribution in [2.24, 2.45) is 0 Å². The molecule has 3 atom stereocenters. The van der Waals surface area contributed by atoms with Crippen LogP contribution in [0.2, 0.25) is 0 Å². The van der Waals surface area contributed by atoms with Crippen molar-refractivity contribution in [3.8, 4) is 0 Å². The molecule has 0 aliphatic heterocycles. The van der Waals surface area contributed by atoms with Crippen LogP contribution in [0, 0.1) is 0 Å². The second-order valence-corrected chi connectivity index (χ2v) is 16.5. The van der Waals surface area contributed by atoms with Crippen LogP contribution in [-0.4, -0.2) is 46.9 Å². The number of hydrogen-bond donors (Lipinski definition) is 3. The lowest BCUT2D eigenvalue weighted by molar-refractivity contribution is -0.150. The Morgan fingerprint density at radius 1 is 0.508 bits per heavy atom. The second kappa shape index (κ2) is 46.4. The molecule has 3 unspecified atom stereocenters. The Hall–Kier alpha value is -2.70. The van der Waals surface area contributed by atoms with Crippen LogP contribution in [0.1, 0.15) is 226 Å². The highest BCUT2D eigenvalue weighted by atomic mass is 16.5. The molecule has 0 bridgehead atoms. The molecular formula is C53H93NO5. The number of aliphatic hydroxyl groups excluding tert-OH is 2. The maximum atomic E-state index is 13.2. The zero-order valence-corrected chi connectivity index (χ0v) is 38.6. The van der Waals surface area contributed by atoms with Crippen LogP contribution in [0.15, 0.2) is 72.9 Å². The van der Waals surface area contributed by atoms with Crippen molar-refractivity contribution >= 4 is 11.9 Å². The lowest BCUT2D eigenvalue weighted by Gasteiger charge is -2.24. The molecule has 1 amide bonds. The van der Waals surface area contributed by atoms with Crippen molar-refractivity contribution in [3.63, 3.8) is 0 Å². The molecule has 3 N–H and O–H groups in total. The van der Waals surface area contributed by atoms with Gasteiger partial charge in [0.15, 0.2) is 0 Å². The molecular weight excluding hydrogens is 731 g/mol. The van der Waals surface area contributed by atoms with E-state index in [4.69, 9.17) is 4.74 Å². The van der Waals surface area contributed by atoms with E-state index in [1.165, 1.54) is 96.3 Å². The molecule has 340 valence electrons. The number of carbonyl (C=O) groups excluding carboxylic acids is 2. The van der Waals surface area contributed by atoms with E-state index in [-0.39, 0.29) is 31.3 Å². The fourth-order valence-corrected chi connectivity index (χ4v) is 7.06. The van der Waals surface area contributed by atoms with Gasteiger partial charge in [-0.25, -0.2) is 0 Å².